The van der Waals surface area contributed by atoms with Crippen LogP contribution in [-0.4, -0.2) is 48.4 Å². The van der Waals surface area contributed by atoms with E-state index in [-0.39, 0.29) is 22.4 Å². The van der Waals surface area contributed by atoms with Crippen molar-refractivity contribution >= 4 is 23.6 Å². The summed E-state index contributed by atoms with van der Waals surface area (Å²) < 4.78 is 10.6. The van der Waals surface area contributed by atoms with Crippen LogP contribution in [0.15, 0.2) is 42.5 Å². The Balaban J connectivity index is 1.94. The number of nitrogens with zero attached hydrogens (tertiary/aromatic N) is 1. The Labute approximate surface area is 155 Å². The van der Waals surface area contributed by atoms with E-state index < -0.39 is 5.97 Å². The maximum absolute atomic E-state index is 13.0. The fourth-order valence-corrected chi connectivity index (χ4v) is 4.22. The number of aromatic carboxylic acids is 1. The van der Waals surface area contributed by atoms with Crippen LogP contribution >= 0.6 is 11.8 Å². The first-order valence-electron chi connectivity index (χ1n) is 8.03. The van der Waals surface area contributed by atoms with Crippen molar-refractivity contribution in [2.45, 2.75) is 5.37 Å². The van der Waals surface area contributed by atoms with Gasteiger partial charge in [0.25, 0.3) is 5.91 Å². The van der Waals surface area contributed by atoms with Crippen LogP contribution in [0, 0.1) is 0 Å². The van der Waals surface area contributed by atoms with E-state index in [4.69, 9.17) is 9.47 Å². The van der Waals surface area contributed by atoms with Gasteiger partial charge in [-0.05, 0) is 29.8 Å². The highest BCUT2D eigenvalue weighted by Gasteiger charge is 2.33. The summed E-state index contributed by atoms with van der Waals surface area (Å²) in [5.74, 6) is 0.598. The normalized spacial score (nSPS) is 16.4. The SMILES string of the molecule is COc1ccc([C@H]2SCCN2C(=O)c2ccccc2C(=O)O)cc1OC. The molecule has 0 aromatic heterocycles. The van der Waals surface area contributed by atoms with Gasteiger partial charge in [0, 0.05) is 12.3 Å². The summed E-state index contributed by atoms with van der Waals surface area (Å²) in [5.41, 5.74) is 1.12. The Hall–Kier alpha value is -2.67. The number of carboxylic acid groups (broad SMARTS) is 1. The molecule has 1 atom stereocenters. The lowest BCUT2D eigenvalue weighted by Crippen LogP contribution is -2.31. The Morgan fingerprint density at radius 2 is 1.77 bits per heavy atom. The summed E-state index contributed by atoms with van der Waals surface area (Å²) in [4.78, 5) is 26.2. The predicted octanol–water partition coefficient (Wildman–Crippen LogP) is 3.29. The molecule has 2 aromatic carbocycles. The van der Waals surface area contributed by atoms with Crippen molar-refractivity contribution in [3.05, 3.63) is 59.2 Å². The highest BCUT2D eigenvalue weighted by molar-refractivity contribution is 7.99. The van der Waals surface area contributed by atoms with E-state index in [0.29, 0.717) is 18.0 Å². The van der Waals surface area contributed by atoms with Crippen LogP contribution in [0.25, 0.3) is 0 Å². The van der Waals surface area contributed by atoms with Gasteiger partial charge in [0.2, 0.25) is 0 Å². The summed E-state index contributed by atoms with van der Waals surface area (Å²) in [7, 11) is 3.13. The quantitative estimate of drug-likeness (QED) is 0.867. The van der Waals surface area contributed by atoms with Gasteiger partial charge >= 0.3 is 5.97 Å². The van der Waals surface area contributed by atoms with Crippen molar-refractivity contribution < 1.29 is 24.2 Å². The third-order valence-corrected chi connectivity index (χ3v) is 5.49. The molecular weight excluding hydrogens is 354 g/mol. The molecule has 1 aliphatic heterocycles. The van der Waals surface area contributed by atoms with Crippen molar-refractivity contribution in [1.29, 1.82) is 0 Å². The van der Waals surface area contributed by atoms with E-state index in [0.717, 1.165) is 11.3 Å². The number of amides is 1. The zero-order valence-electron chi connectivity index (χ0n) is 14.5. The molecule has 7 heteroatoms. The number of ether oxygens (including phenoxy) is 2. The molecule has 136 valence electrons. The highest BCUT2D eigenvalue weighted by Crippen LogP contribution is 2.41. The number of carbonyl (C=O) groups is 2. The van der Waals surface area contributed by atoms with Crippen LogP contribution < -0.4 is 9.47 Å². The number of carbonyl (C=O) groups excluding carboxylic acids is 1. The number of benzene rings is 2. The van der Waals surface area contributed by atoms with E-state index >= 15 is 0 Å². The van der Waals surface area contributed by atoms with E-state index in [1.807, 2.05) is 12.1 Å². The monoisotopic (exact) mass is 373 g/mol. The molecule has 6 nitrogen and oxygen atoms in total. The van der Waals surface area contributed by atoms with Crippen LogP contribution in [0.2, 0.25) is 0 Å². The second-order valence-corrected chi connectivity index (χ2v) is 6.87. The molecule has 1 fully saturated rings. The zero-order chi connectivity index (χ0) is 18.7. The Kier molecular flexibility index (Phi) is 5.37. The van der Waals surface area contributed by atoms with Gasteiger partial charge in [-0.3, -0.25) is 4.79 Å². The fourth-order valence-electron chi connectivity index (χ4n) is 2.97. The van der Waals surface area contributed by atoms with Gasteiger partial charge in [-0.1, -0.05) is 18.2 Å². The molecule has 1 heterocycles. The summed E-state index contributed by atoms with van der Waals surface area (Å²) in [6, 6.07) is 11.9. The Morgan fingerprint density at radius 3 is 2.42 bits per heavy atom. The lowest BCUT2D eigenvalue weighted by Gasteiger charge is -2.25. The van der Waals surface area contributed by atoms with E-state index in [9.17, 15) is 14.7 Å². The molecule has 0 bridgehead atoms. The highest BCUT2D eigenvalue weighted by atomic mass is 32.2. The molecule has 0 saturated carbocycles. The molecule has 0 radical (unpaired) electrons. The number of hydrogen-bond donors (Lipinski definition) is 1. The molecule has 0 spiro atoms. The minimum absolute atomic E-state index is 0.0143. The van der Waals surface area contributed by atoms with E-state index in [2.05, 4.69) is 0 Å². The summed E-state index contributed by atoms with van der Waals surface area (Å²) in [5, 5.41) is 9.16. The molecule has 1 saturated heterocycles. The van der Waals surface area contributed by atoms with Crippen molar-refractivity contribution in [2.24, 2.45) is 0 Å². The van der Waals surface area contributed by atoms with Crippen molar-refractivity contribution in [1.82, 2.24) is 4.90 Å². The van der Waals surface area contributed by atoms with Gasteiger partial charge in [-0.2, -0.15) is 0 Å². The van der Waals surface area contributed by atoms with Crippen molar-refractivity contribution in [2.75, 3.05) is 26.5 Å². The molecule has 26 heavy (non-hydrogen) atoms. The van der Waals surface area contributed by atoms with Gasteiger partial charge in [0.05, 0.1) is 25.3 Å². The zero-order valence-corrected chi connectivity index (χ0v) is 15.3. The molecule has 1 N–H and O–H groups in total. The lowest BCUT2D eigenvalue weighted by molar-refractivity contribution is 0.0676. The fraction of sp³-hybridized carbons (Fsp3) is 0.263. The number of methoxy groups -OCH3 is 2. The number of rotatable bonds is 5. The summed E-state index contributed by atoms with van der Waals surface area (Å²) in [6.07, 6.45) is 0. The van der Waals surface area contributed by atoms with Crippen molar-refractivity contribution in [3.63, 3.8) is 0 Å². The Morgan fingerprint density at radius 1 is 1.08 bits per heavy atom. The first-order chi connectivity index (χ1) is 12.6. The van der Waals surface area contributed by atoms with Crippen LogP contribution in [0.4, 0.5) is 0 Å². The average molecular weight is 373 g/mol. The molecule has 3 rings (SSSR count). The maximum atomic E-state index is 13.0. The molecule has 2 aromatic rings. The smallest absolute Gasteiger partial charge is 0.336 e. The number of thioether (sulfide) groups is 1. The molecule has 0 unspecified atom stereocenters. The second kappa shape index (κ2) is 7.70. The van der Waals surface area contributed by atoms with Gasteiger partial charge in [-0.15, -0.1) is 11.8 Å². The predicted molar refractivity (Wildman–Crippen MR) is 99.2 cm³/mol. The van der Waals surface area contributed by atoms with Crippen LogP contribution in [0.3, 0.4) is 0 Å². The molecule has 1 aliphatic rings. The Bertz CT molecular complexity index is 838. The van der Waals surface area contributed by atoms with Crippen molar-refractivity contribution in [3.8, 4) is 11.5 Å². The first-order valence-corrected chi connectivity index (χ1v) is 9.08. The first kappa shape index (κ1) is 18.1. The maximum Gasteiger partial charge on any atom is 0.336 e. The van der Waals surface area contributed by atoms with Crippen LogP contribution in [0.5, 0.6) is 11.5 Å². The standard InChI is InChI=1S/C19H19NO5S/c1-24-15-8-7-12(11-16(15)25-2)18-20(9-10-26-18)17(21)13-5-3-4-6-14(13)19(22)23/h3-8,11,18H,9-10H2,1-2H3,(H,22,23)/t18-/m1/s1. The minimum Gasteiger partial charge on any atom is -0.493 e. The van der Waals surface area contributed by atoms with E-state index in [1.54, 1.807) is 55.1 Å². The van der Waals surface area contributed by atoms with Gasteiger partial charge in [0.15, 0.2) is 11.5 Å². The number of carboxylic acids is 1. The van der Waals surface area contributed by atoms with Gasteiger partial charge in [0.1, 0.15) is 5.37 Å². The topological polar surface area (TPSA) is 76.1 Å². The summed E-state index contributed by atoms with van der Waals surface area (Å²) >= 11 is 1.63. The molecular formula is C19H19NO5S. The van der Waals surface area contributed by atoms with E-state index in [1.165, 1.54) is 6.07 Å². The average Bonchev–Trinajstić information content (AvgIpc) is 3.16. The van der Waals surface area contributed by atoms with Crippen LogP contribution in [-0.2, 0) is 0 Å². The summed E-state index contributed by atoms with van der Waals surface area (Å²) in [6.45, 7) is 0.552. The third kappa shape index (κ3) is 3.35. The third-order valence-electron chi connectivity index (χ3n) is 4.23. The van der Waals surface area contributed by atoms with Gasteiger partial charge in [-0.25, -0.2) is 4.79 Å². The second-order valence-electron chi connectivity index (χ2n) is 5.69. The van der Waals surface area contributed by atoms with Crippen LogP contribution in [0.1, 0.15) is 31.7 Å². The minimum atomic E-state index is -1.11. The molecule has 0 aliphatic carbocycles. The lowest BCUT2D eigenvalue weighted by atomic mass is 10.1. The number of hydrogen-bond acceptors (Lipinski definition) is 5. The molecule has 1 amide bonds. The largest absolute Gasteiger partial charge is 0.493 e. The van der Waals surface area contributed by atoms with Gasteiger partial charge < -0.3 is 19.5 Å².